The number of halogens is 1. The fourth-order valence-corrected chi connectivity index (χ4v) is 2.44. The molecule has 0 saturated carbocycles. The number of carbonyl (C=O) groups is 1. The third-order valence-corrected chi connectivity index (χ3v) is 3.55. The molecule has 0 radical (unpaired) electrons. The first kappa shape index (κ1) is 14.0. The van der Waals surface area contributed by atoms with E-state index in [2.05, 4.69) is 10.6 Å². The summed E-state index contributed by atoms with van der Waals surface area (Å²) in [5, 5.41) is 6.23. The molecule has 104 valence electrons. The molecule has 19 heavy (non-hydrogen) atoms. The van der Waals surface area contributed by atoms with Gasteiger partial charge in [-0.15, -0.1) is 0 Å². The second-order valence-corrected chi connectivity index (χ2v) is 5.18. The first-order chi connectivity index (χ1) is 9.15. The summed E-state index contributed by atoms with van der Waals surface area (Å²) in [6, 6.07) is 5.43. The van der Waals surface area contributed by atoms with Gasteiger partial charge in [-0.3, -0.25) is 4.79 Å². The van der Waals surface area contributed by atoms with Gasteiger partial charge in [0.25, 0.3) is 0 Å². The van der Waals surface area contributed by atoms with E-state index < -0.39 is 0 Å². The Kier molecular flexibility index (Phi) is 4.91. The van der Waals surface area contributed by atoms with Crippen LogP contribution in [0.2, 0.25) is 0 Å². The zero-order valence-corrected chi connectivity index (χ0v) is 11.3. The van der Waals surface area contributed by atoms with Crippen molar-refractivity contribution in [2.45, 2.75) is 38.6 Å². The third-order valence-electron chi connectivity index (χ3n) is 3.55. The first-order valence-electron chi connectivity index (χ1n) is 6.90. The van der Waals surface area contributed by atoms with E-state index in [4.69, 9.17) is 0 Å². The van der Waals surface area contributed by atoms with Crippen molar-refractivity contribution in [3.8, 4) is 0 Å². The van der Waals surface area contributed by atoms with E-state index in [0.717, 1.165) is 31.4 Å². The molecular formula is C15H21FN2O. The molecule has 1 aromatic carbocycles. The van der Waals surface area contributed by atoms with Crippen molar-refractivity contribution >= 4 is 5.91 Å². The minimum atomic E-state index is -0.180. The Balaban J connectivity index is 1.70. The average Bonchev–Trinajstić information content (AvgIpc) is 2.86. The maximum absolute atomic E-state index is 13.1. The topological polar surface area (TPSA) is 41.1 Å². The highest BCUT2D eigenvalue weighted by atomic mass is 19.1. The van der Waals surface area contributed by atoms with Gasteiger partial charge in [0.1, 0.15) is 5.82 Å². The predicted octanol–water partition coefficient (Wildman–Crippen LogP) is 1.93. The maximum atomic E-state index is 13.1. The molecule has 1 amide bonds. The van der Waals surface area contributed by atoms with Gasteiger partial charge in [-0.05, 0) is 49.9 Å². The molecule has 2 N–H and O–H groups in total. The molecule has 1 aliphatic heterocycles. The zero-order valence-electron chi connectivity index (χ0n) is 11.3. The maximum Gasteiger partial charge on any atom is 0.221 e. The van der Waals surface area contributed by atoms with E-state index in [1.165, 1.54) is 6.07 Å². The molecule has 4 heteroatoms. The van der Waals surface area contributed by atoms with Crippen molar-refractivity contribution in [1.29, 1.82) is 0 Å². The summed E-state index contributed by atoms with van der Waals surface area (Å²) in [4.78, 5) is 11.7. The molecule has 1 fully saturated rings. The number of hydrogen-bond donors (Lipinski definition) is 2. The summed E-state index contributed by atoms with van der Waals surface area (Å²) in [5.74, 6) is -0.0849. The van der Waals surface area contributed by atoms with Crippen LogP contribution in [0.3, 0.4) is 0 Å². The van der Waals surface area contributed by atoms with Crippen LogP contribution in [-0.2, 0) is 11.2 Å². The van der Waals surface area contributed by atoms with Crippen LogP contribution < -0.4 is 10.6 Å². The van der Waals surface area contributed by atoms with Crippen LogP contribution >= 0.6 is 0 Å². The number of amides is 1. The molecule has 1 aliphatic rings. The monoisotopic (exact) mass is 264 g/mol. The molecule has 1 aromatic rings. The fraction of sp³-hybridized carbons (Fsp3) is 0.533. The lowest BCUT2D eigenvalue weighted by Gasteiger charge is -2.10. The first-order valence-corrected chi connectivity index (χ1v) is 6.90. The lowest BCUT2D eigenvalue weighted by atomic mass is 10.1. The van der Waals surface area contributed by atoms with Gasteiger partial charge in [-0.1, -0.05) is 12.1 Å². The number of nitrogens with one attached hydrogen (secondary N) is 2. The Hall–Kier alpha value is -1.42. The molecule has 1 saturated heterocycles. The van der Waals surface area contributed by atoms with E-state index in [1.807, 2.05) is 6.07 Å². The summed E-state index contributed by atoms with van der Waals surface area (Å²) in [7, 11) is 0. The largest absolute Gasteiger partial charge is 0.356 e. The highest BCUT2D eigenvalue weighted by Crippen LogP contribution is 2.10. The van der Waals surface area contributed by atoms with E-state index in [1.54, 1.807) is 13.0 Å². The molecule has 0 spiro atoms. The van der Waals surface area contributed by atoms with Crippen molar-refractivity contribution in [3.63, 3.8) is 0 Å². The standard InChI is InChI=1S/C15H21FN2O/c1-11-9-12(4-5-14(11)16)6-8-18-15(19)10-13-3-2-7-17-13/h4-5,9,13,17H,2-3,6-8,10H2,1H3,(H,18,19). The highest BCUT2D eigenvalue weighted by Gasteiger charge is 2.17. The number of benzene rings is 1. The Morgan fingerprint density at radius 3 is 3.05 bits per heavy atom. The average molecular weight is 264 g/mol. The summed E-state index contributed by atoms with van der Waals surface area (Å²) < 4.78 is 13.1. The van der Waals surface area contributed by atoms with Gasteiger partial charge in [-0.25, -0.2) is 4.39 Å². The molecule has 1 atom stereocenters. The molecule has 1 unspecified atom stereocenters. The normalized spacial score (nSPS) is 18.5. The van der Waals surface area contributed by atoms with Gasteiger partial charge in [0.15, 0.2) is 0 Å². The molecule has 2 rings (SSSR count). The number of rotatable bonds is 5. The van der Waals surface area contributed by atoms with E-state index in [-0.39, 0.29) is 11.7 Å². The van der Waals surface area contributed by atoms with Crippen LogP contribution in [0, 0.1) is 12.7 Å². The van der Waals surface area contributed by atoms with E-state index in [9.17, 15) is 9.18 Å². The summed E-state index contributed by atoms with van der Waals surface area (Å²) in [6.45, 7) is 3.38. The van der Waals surface area contributed by atoms with Crippen LogP contribution in [0.25, 0.3) is 0 Å². The SMILES string of the molecule is Cc1cc(CCNC(=O)CC2CCCN2)ccc1F. The molecule has 0 bridgehead atoms. The summed E-state index contributed by atoms with van der Waals surface area (Å²) in [5.41, 5.74) is 1.71. The van der Waals surface area contributed by atoms with Gasteiger partial charge in [-0.2, -0.15) is 0 Å². The fourth-order valence-electron chi connectivity index (χ4n) is 2.44. The lowest BCUT2D eigenvalue weighted by Crippen LogP contribution is -2.32. The zero-order chi connectivity index (χ0) is 13.7. The molecular weight excluding hydrogens is 243 g/mol. The number of hydrogen-bond acceptors (Lipinski definition) is 2. The molecule has 0 aromatic heterocycles. The summed E-state index contributed by atoms with van der Waals surface area (Å²) in [6.07, 6.45) is 3.55. The van der Waals surface area contributed by atoms with Gasteiger partial charge >= 0.3 is 0 Å². The molecule has 0 aliphatic carbocycles. The van der Waals surface area contributed by atoms with Gasteiger partial charge < -0.3 is 10.6 Å². The number of aryl methyl sites for hydroxylation is 1. The van der Waals surface area contributed by atoms with Crippen molar-refractivity contribution in [3.05, 3.63) is 35.1 Å². The Labute approximate surface area is 113 Å². The van der Waals surface area contributed by atoms with Gasteiger partial charge in [0, 0.05) is 19.0 Å². The van der Waals surface area contributed by atoms with Crippen molar-refractivity contribution < 1.29 is 9.18 Å². The minimum Gasteiger partial charge on any atom is -0.356 e. The number of carbonyl (C=O) groups excluding carboxylic acids is 1. The predicted molar refractivity (Wildman–Crippen MR) is 73.5 cm³/mol. The second kappa shape index (κ2) is 6.66. The van der Waals surface area contributed by atoms with Crippen molar-refractivity contribution in [1.82, 2.24) is 10.6 Å². The van der Waals surface area contributed by atoms with Crippen molar-refractivity contribution in [2.75, 3.05) is 13.1 Å². The van der Waals surface area contributed by atoms with Gasteiger partial charge in [0.2, 0.25) is 5.91 Å². The van der Waals surface area contributed by atoms with Crippen LogP contribution in [0.5, 0.6) is 0 Å². The highest BCUT2D eigenvalue weighted by molar-refractivity contribution is 5.76. The Morgan fingerprint density at radius 1 is 1.53 bits per heavy atom. The Bertz CT molecular complexity index is 442. The molecule has 3 nitrogen and oxygen atoms in total. The van der Waals surface area contributed by atoms with Crippen LogP contribution in [0.4, 0.5) is 4.39 Å². The Morgan fingerprint density at radius 2 is 2.37 bits per heavy atom. The second-order valence-electron chi connectivity index (χ2n) is 5.18. The van der Waals surface area contributed by atoms with E-state index >= 15 is 0 Å². The third kappa shape index (κ3) is 4.31. The summed E-state index contributed by atoms with van der Waals surface area (Å²) >= 11 is 0. The van der Waals surface area contributed by atoms with Crippen LogP contribution in [0.1, 0.15) is 30.4 Å². The minimum absolute atomic E-state index is 0.0956. The van der Waals surface area contributed by atoms with Crippen LogP contribution in [-0.4, -0.2) is 25.0 Å². The molecule has 1 heterocycles. The van der Waals surface area contributed by atoms with Crippen molar-refractivity contribution in [2.24, 2.45) is 0 Å². The smallest absolute Gasteiger partial charge is 0.221 e. The van der Waals surface area contributed by atoms with E-state index in [0.29, 0.717) is 24.6 Å². The van der Waals surface area contributed by atoms with Crippen LogP contribution in [0.15, 0.2) is 18.2 Å². The van der Waals surface area contributed by atoms with Gasteiger partial charge in [0.05, 0.1) is 0 Å². The quantitative estimate of drug-likeness (QED) is 0.853. The lowest BCUT2D eigenvalue weighted by molar-refractivity contribution is -0.121.